The van der Waals surface area contributed by atoms with Gasteiger partial charge in [-0.1, -0.05) is 12.8 Å². The third-order valence-corrected chi connectivity index (χ3v) is 3.85. The highest BCUT2D eigenvalue weighted by Crippen LogP contribution is 2.34. The lowest BCUT2D eigenvalue weighted by molar-refractivity contribution is 0.349. The van der Waals surface area contributed by atoms with Crippen molar-refractivity contribution < 1.29 is 4.42 Å². The van der Waals surface area contributed by atoms with Crippen molar-refractivity contribution in [1.29, 1.82) is 0 Å². The Morgan fingerprint density at radius 2 is 1.44 bits per heavy atom. The first-order chi connectivity index (χ1) is 7.93. The highest BCUT2D eigenvalue weighted by atomic mass is 16.4. The number of nitrogens with one attached hydrogen (secondary N) is 1. The molecule has 2 heterocycles. The maximum atomic E-state index is 5.86. The lowest BCUT2D eigenvalue weighted by Crippen LogP contribution is -2.26. The van der Waals surface area contributed by atoms with E-state index in [1.807, 2.05) is 0 Å². The first-order valence-corrected chi connectivity index (χ1v) is 6.47. The summed E-state index contributed by atoms with van der Waals surface area (Å²) in [6.45, 7) is 2.15. The number of aromatic nitrogens is 2. The normalized spacial score (nSPS) is 24.0. The predicted octanol–water partition coefficient (Wildman–Crippen LogP) is 2.19. The van der Waals surface area contributed by atoms with Gasteiger partial charge >= 0.3 is 0 Å². The van der Waals surface area contributed by atoms with Gasteiger partial charge in [-0.05, 0) is 38.8 Å². The zero-order valence-electron chi connectivity index (χ0n) is 9.61. The molecule has 4 nitrogen and oxygen atoms in total. The van der Waals surface area contributed by atoms with Crippen molar-refractivity contribution >= 4 is 0 Å². The van der Waals surface area contributed by atoms with Crippen LogP contribution in [0.15, 0.2) is 4.42 Å². The Hall–Kier alpha value is -0.900. The van der Waals surface area contributed by atoms with E-state index in [1.54, 1.807) is 0 Å². The molecular weight excluding hydrogens is 202 g/mol. The third-order valence-electron chi connectivity index (χ3n) is 3.85. The van der Waals surface area contributed by atoms with E-state index < -0.39 is 0 Å². The van der Waals surface area contributed by atoms with E-state index in [9.17, 15) is 0 Å². The molecule has 1 aromatic heterocycles. The van der Waals surface area contributed by atoms with Gasteiger partial charge in [0.25, 0.3) is 0 Å². The fourth-order valence-electron chi connectivity index (χ4n) is 2.82. The van der Waals surface area contributed by atoms with Crippen molar-refractivity contribution in [2.75, 3.05) is 13.1 Å². The van der Waals surface area contributed by atoms with Gasteiger partial charge < -0.3 is 9.73 Å². The summed E-state index contributed by atoms with van der Waals surface area (Å²) in [4.78, 5) is 0. The van der Waals surface area contributed by atoms with Crippen LogP contribution in [0.1, 0.15) is 62.1 Å². The van der Waals surface area contributed by atoms with Crippen LogP contribution in [0.25, 0.3) is 0 Å². The summed E-state index contributed by atoms with van der Waals surface area (Å²) in [5.41, 5.74) is 0. The molecule has 0 atom stereocenters. The quantitative estimate of drug-likeness (QED) is 0.831. The first-order valence-electron chi connectivity index (χ1n) is 6.47. The number of rotatable bonds is 2. The van der Waals surface area contributed by atoms with Gasteiger partial charge in [0.15, 0.2) is 0 Å². The van der Waals surface area contributed by atoms with Crippen LogP contribution in [0.5, 0.6) is 0 Å². The molecule has 1 aromatic rings. The van der Waals surface area contributed by atoms with E-state index >= 15 is 0 Å². The van der Waals surface area contributed by atoms with Crippen molar-refractivity contribution in [2.45, 2.75) is 50.4 Å². The van der Waals surface area contributed by atoms with Gasteiger partial charge in [-0.2, -0.15) is 0 Å². The third kappa shape index (κ3) is 1.98. The Balaban J connectivity index is 1.71. The van der Waals surface area contributed by atoms with Gasteiger partial charge in [0.2, 0.25) is 11.8 Å². The zero-order chi connectivity index (χ0) is 10.8. The van der Waals surface area contributed by atoms with Crippen LogP contribution < -0.4 is 5.32 Å². The molecule has 1 aliphatic heterocycles. The Bertz CT molecular complexity index is 338. The van der Waals surface area contributed by atoms with E-state index in [2.05, 4.69) is 15.5 Å². The van der Waals surface area contributed by atoms with Crippen LogP contribution in [-0.2, 0) is 0 Å². The Labute approximate surface area is 95.8 Å². The summed E-state index contributed by atoms with van der Waals surface area (Å²) in [5.74, 6) is 2.81. The average Bonchev–Trinajstić information content (AvgIpc) is 3.01. The van der Waals surface area contributed by atoms with Crippen LogP contribution in [0.4, 0.5) is 0 Å². The van der Waals surface area contributed by atoms with Gasteiger partial charge in [0.1, 0.15) is 0 Å². The van der Waals surface area contributed by atoms with E-state index in [1.165, 1.54) is 25.7 Å². The summed E-state index contributed by atoms with van der Waals surface area (Å²) in [6.07, 6.45) is 7.35. The number of piperidine rings is 1. The fourth-order valence-corrected chi connectivity index (χ4v) is 2.82. The highest BCUT2D eigenvalue weighted by molar-refractivity contribution is 4.98. The number of nitrogens with zero attached hydrogens (tertiary/aromatic N) is 2. The summed E-state index contributed by atoms with van der Waals surface area (Å²) in [7, 11) is 0. The molecule has 3 rings (SSSR count). The lowest BCUT2D eigenvalue weighted by Gasteiger charge is -2.18. The minimum absolute atomic E-state index is 0.490. The zero-order valence-corrected chi connectivity index (χ0v) is 9.61. The Morgan fingerprint density at radius 3 is 2.06 bits per heavy atom. The summed E-state index contributed by atoms with van der Waals surface area (Å²) >= 11 is 0. The fraction of sp³-hybridized carbons (Fsp3) is 0.833. The molecular formula is C12H19N3O. The van der Waals surface area contributed by atoms with Crippen molar-refractivity contribution in [1.82, 2.24) is 15.5 Å². The smallest absolute Gasteiger partial charge is 0.219 e. The Morgan fingerprint density at radius 1 is 0.875 bits per heavy atom. The van der Waals surface area contributed by atoms with Gasteiger partial charge in [0, 0.05) is 11.8 Å². The first kappa shape index (κ1) is 10.3. The molecule has 2 fully saturated rings. The molecule has 0 aromatic carbocycles. The van der Waals surface area contributed by atoms with Crippen LogP contribution in [0.3, 0.4) is 0 Å². The summed E-state index contributed by atoms with van der Waals surface area (Å²) in [6, 6.07) is 0. The van der Waals surface area contributed by atoms with Crippen LogP contribution in [-0.4, -0.2) is 23.3 Å². The van der Waals surface area contributed by atoms with Crippen molar-refractivity contribution in [2.24, 2.45) is 0 Å². The van der Waals surface area contributed by atoms with Crippen LogP contribution in [0.2, 0.25) is 0 Å². The summed E-state index contributed by atoms with van der Waals surface area (Å²) < 4.78 is 5.86. The molecule has 16 heavy (non-hydrogen) atoms. The molecule has 0 radical (unpaired) electrons. The molecule has 0 bridgehead atoms. The Kier molecular flexibility index (Phi) is 2.91. The van der Waals surface area contributed by atoms with Gasteiger partial charge in [-0.15, -0.1) is 10.2 Å². The van der Waals surface area contributed by atoms with Gasteiger partial charge in [0.05, 0.1) is 0 Å². The van der Waals surface area contributed by atoms with Crippen molar-refractivity contribution in [3.8, 4) is 0 Å². The number of hydrogen-bond donors (Lipinski definition) is 1. The molecule has 1 N–H and O–H groups in total. The van der Waals surface area contributed by atoms with Crippen LogP contribution in [0, 0.1) is 0 Å². The molecule has 4 heteroatoms. The number of hydrogen-bond acceptors (Lipinski definition) is 4. The average molecular weight is 221 g/mol. The molecule has 0 amide bonds. The second kappa shape index (κ2) is 4.53. The maximum absolute atomic E-state index is 5.86. The maximum Gasteiger partial charge on any atom is 0.219 e. The second-order valence-electron chi connectivity index (χ2n) is 4.98. The molecule has 0 unspecified atom stereocenters. The van der Waals surface area contributed by atoms with E-state index in [0.29, 0.717) is 11.8 Å². The van der Waals surface area contributed by atoms with Gasteiger partial charge in [-0.3, -0.25) is 0 Å². The minimum atomic E-state index is 0.490. The molecule has 1 aliphatic carbocycles. The van der Waals surface area contributed by atoms with E-state index in [0.717, 1.165) is 37.7 Å². The van der Waals surface area contributed by atoms with E-state index in [-0.39, 0.29) is 0 Å². The summed E-state index contributed by atoms with van der Waals surface area (Å²) in [5, 5.41) is 11.8. The SMILES string of the molecule is C1CCC(c2nnc(C3CCNCC3)o2)C1. The lowest BCUT2D eigenvalue weighted by atomic mass is 9.98. The molecule has 1 saturated carbocycles. The standard InChI is InChI=1S/C12H19N3O/c1-2-4-9(3-1)11-14-15-12(16-11)10-5-7-13-8-6-10/h9-10,13H,1-8H2. The van der Waals surface area contributed by atoms with Crippen LogP contribution >= 0.6 is 0 Å². The molecule has 0 spiro atoms. The second-order valence-corrected chi connectivity index (χ2v) is 4.98. The highest BCUT2D eigenvalue weighted by Gasteiger charge is 2.26. The monoisotopic (exact) mass is 221 g/mol. The molecule has 88 valence electrons. The topological polar surface area (TPSA) is 51.0 Å². The molecule has 1 saturated heterocycles. The predicted molar refractivity (Wildman–Crippen MR) is 60.4 cm³/mol. The van der Waals surface area contributed by atoms with Gasteiger partial charge in [-0.25, -0.2) is 0 Å². The molecule has 2 aliphatic rings. The minimum Gasteiger partial charge on any atom is -0.425 e. The van der Waals surface area contributed by atoms with Crippen molar-refractivity contribution in [3.05, 3.63) is 11.8 Å². The largest absolute Gasteiger partial charge is 0.425 e. The van der Waals surface area contributed by atoms with Crippen molar-refractivity contribution in [3.63, 3.8) is 0 Å². The van der Waals surface area contributed by atoms with E-state index in [4.69, 9.17) is 4.42 Å².